The molecule has 0 spiro atoms. The van der Waals surface area contributed by atoms with E-state index in [1.165, 1.54) is 13.2 Å². The number of methoxy groups -OCH3 is 1. The molecule has 222 valence electrons. The van der Waals surface area contributed by atoms with E-state index < -0.39 is 23.9 Å². The van der Waals surface area contributed by atoms with Crippen LogP contribution in [0.3, 0.4) is 0 Å². The second-order valence-corrected chi connectivity index (χ2v) is 9.05. The number of benzene rings is 3. The molecule has 3 aromatic rings. The number of esters is 4. The van der Waals surface area contributed by atoms with Crippen LogP contribution in [0, 0.1) is 0 Å². The van der Waals surface area contributed by atoms with Gasteiger partial charge < -0.3 is 23.7 Å². The normalized spacial score (nSPS) is 10.4. The second kappa shape index (κ2) is 16.7. The Labute approximate surface area is 250 Å². The Kier molecular flexibility index (Phi) is 12.5. The minimum atomic E-state index is -0.619. The summed E-state index contributed by atoms with van der Waals surface area (Å²) in [6.07, 6.45) is 5.13. The van der Waals surface area contributed by atoms with Crippen LogP contribution < -0.4 is 14.2 Å². The molecule has 0 N–H and O–H groups in total. The van der Waals surface area contributed by atoms with E-state index in [4.69, 9.17) is 18.9 Å². The van der Waals surface area contributed by atoms with Crippen LogP contribution >= 0.6 is 0 Å². The van der Waals surface area contributed by atoms with Gasteiger partial charge in [0.1, 0.15) is 17.2 Å². The second-order valence-electron chi connectivity index (χ2n) is 9.05. The Morgan fingerprint density at radius 3 is 1.81 bits per heavy atom. The monoisotopic (exact) mass is 584 g/mol. The first-order chi connectivity index (χ1) is 20.8. The minimum Gasteiger partial charge on any atom is -0.494 e. The quantitative estimate of drug-likeness (QED) is 0.0934. The highest BCUT2D eigenvalue weighted by Gasteiger charge is 2.13. The van der Waals surface area contributed by atoms with Gasteiger partial charge in [-0.3, -0.25) is 4.79 Å². The molecular formula is C34H32O9. The van der Waals surface area contributed by atoms with Crippen LogP contribution in [0.1, 0.15) is 24.8 Å². The molecule has 0 atom stereocenters. The smallest absolute Gasteiger partial charge is 0.336 e. The maximum Gasteiger partial charge on any atom is 0.336 e. The molecule has 43 heavy (non-hydrogen) atoms. The fourth-order valence-corrected chi connectivity index (χ4v) is 3.56. The Hall–Kier alpha value is -5.44. The molecule has 0 heterocycles. The van der Waals surface area contributed by atoms with Gasteiger partial charge >= 0.3 is 23.9 Å². The molecule has 0 aliphatic carbocycles. The Morgan fingerprint density at radius 2 is 1.26 bits per heavy atom. The summed E-state index contributed by atoms with van der Waals surface area (Å²) >= 11 is 0. The molecule has 0 unspecified atom stereocenters. The topological polar surface area (TPSA) is 114 Å². The van der Waals surface area contributed by atoms with Crippen molar-refractivity contribution in [3.8, 4) is 28.4 Å². The molecule has 0 amide bonds. The molecular weight excluding hydrogens is 552 g/mol. The zero-order chi connectivity index (χ0) is 31.0. The van der Waals surface area contributed by atoms with Crippen LogP contribution in [0.2, 0.25) is 0 Å². The predicted molar refractivity (Wildman–Crippen MR) is 160 cm³/mol. The van der Waals surface area contributed by atoms with E-state index in [0.717, 1.165) is 22.8 Å². The lowest BCUT2D eigenvalue weighted by atomic mass is 10.1. The molecule has 0 bridgehead atoms. The van der Waals surface area contributed by atoms with Gasteiger partial charge in [0, 0.05) is 17.7 Å². The first kappa shape index (κ1) is 32.1. The lowest BCUT2D eigenvalue weighted by Crippen LogP contribution is -2.13. The highest BCUT2D eigenvalue weighted by atomic mass is 16.5. The van der Waals surface area contributed by atoms with Gasteiger partial charge in [0.15, 0.2) is 0 Å². The average molecular weight is 585 g/mol. The number of carbonyl (C=O) groups is 4. The molecule has 3 aromatic carbocycles. The molecule has 3 rings (SSSR count). The third-order valence-corrected chi connectivity index (χ3v) is 5.85. The fourth-order valence-electron chi connectivity index (χ4n) is 3.56. The molecule has 9 nitrogen and oxygen atoms in total. The van der Waals surface area contributed by atoms with E-state index >= 15 is 0 Å². The van der Waals surface area contributed by atoms with Gasteiger partial charge in [-0.2, -0.15) is 0 Å². The van der Waals surface area contributed by atoms with Crippen LogP contribution in [-0.2, 0) is 28.7 Å². The van der Waals surface area contributed by atoms with Crippen molar-refractivity contribution in [1.82, 2.24) is 0 Å². The number of unbranched alkanes of at least 4 members (excludes halogenated alkanes) is 1. The van der Waals surface area contributed by atoms with Crippen LogP contribution in [0.15, 0.2) is 104 Å². The maximum absolute atomic E-state index is 12.3. The predicted octanol–water partition coefficient (Wildman–Crippen LogP) is 5.89. The van der Waals surface area contributed by atoms with Crippen LogP contribution in [0.5, 0.6) is 17.2 Å². The zero-order valence-electron chi connectivity index (χ0n) is 23.8. The van der Waals surface area contributed by atoms with Crippen molar-refractivity contribution in [3.63, 3.8) is 0 Å². The lowest BCUT2D eigenvalue weighted by molar-refractivity contribution is -0.144. The van der Waals surface area contributed by atoms with Crippen molar-refractivity contribution in [2.45, 2.75) is 19.3 Å². The summed E-state index contributed by atoms with van der Waals surface area (Å²) in [6.45, 7) is 7.52. The van der Waals surface area contributed by atoms with Crippen molar-refractivity contribution >= 4 is 30.0 Å². The van der Waals surface area contributed by atoms with E-state index in [1.807, 2.05) is 36.4 Å². The molecule has 0 saturated carbocycles. The SMILES string of the molecule is C=CC(=O)Oc1ccc(-c2ccc(OC(=O)/C=C/c3ccc(OCCCCOC(=O)C(=C)CC(=O)OC)cc3)cc2)cc1. The fraction of sp³-hybridized carbons (Fsp3) is 0.176. The Morgan fingerprint density at radius 1 is 0.721 bits per heavy atom. The summed E-state index contributed by atoms with van der Waals surface area (Å²) in [4.78, 5) is 46.5. The highest BCUT2D eigenvalue weighted by molar-refractivity contribution is 5.93. The molecule has 0 aromatic heterocycles. The summed E-state index contributed by atoms with van der Waals surface area (Å²) in [5.74, 6) is -0.721. The summed E-state index contributed by atoms with van der Waals surface area (Å²) in [5.41, 5.74) is 2.66. The number of ether oxygens (including phenoxy) is 5. The van der Waals surface area contributed by atoms with Crippen molar-refractivity contribution < 1.29 is 42.9 Å². The third-order valence-electron chi connectivity index (χ3n) is 5.85. The van der Waals surface area contributed by atoms with E-state index in [1.54, 1.807) is 42.5 Å². The summed E-state index contributed by atoms with van der Waals surface area (Å²) < 4.78 is 25.7. The van der Waals surface area contributed by atoms with E-state index in [2.05, 4.69) is 17.9 Å². The van der Waals surface area contributed by atoms with Crippen molar-refractivity contribution in [2.24, 2.45) is 0 Å². The maximum atomic E-state index is 12.3. The number of hydrogen-bond donors (Lipinski definition) is 0. The Bertz CT molecular complexity index is 1450. The minimum absolute atomic E-state index is 0.0511. The molecule has 0 aliphatic heterocycles. The van der Waals surface area contributed by atoms with Crippen LogP contribution in [0.4, 0.5) is 0 Å². The number of hydrogen-bond acceptors (Lipinski definition) is 9. The van der Waals surface area contributed by atoms with E-state index in [0.29, 0.717) is 36.7 Å². The molecule has 0 fully saturated rings. The first-order valence-corrected chi connectivity index (χ1v) is 13.4. The summed E-state index contributed by atoms with van der Waals surface area (Å²) in [5, 5.41) is 0. The molecule has 0 radical (unpaired) electrons. The van der Waals surface area contributed by atoms with Crippen molar-refractivity contribution in [2.75, 3.05) is 20.3 Å². The molecule has 9 heteroatoms. The Balaban J connectivity index is 1.37. The average Bonchev–Trinajstić information content (AvgIpc) is 3.02. The largest absolute Gasteiger partial charge is 0.494 e. The first-order valence-electron chi connectivity index (χ1n) is 13.4. The third kappa shape index (κ3) is 11.2. The van der Waals surface area contributed by atoms with Crippen molar-refractivity contribution in [1.29, 1.82) is 0 Å². The number of rotatable bonds is 15. The number of carbonyl (C=O) groups excluding carboxylic acids is 4. The van der Waals surface area contributed by atoms with Gasteiger partial charge in [-0.15, -0.1) is 0 Å². The van der Waals surface area contributed by atoms with Gasteiger partial charge in [0.2, 0.25) is 0 Å². The standard InChI is InChI=1S/C34H32O9/c1-4-31(35)42-29-16-10-26(11-17-29)27-12-18-30(19-13-27)43-32(36)20-9-25-7-14-28(15-8-25)40-21-5-6-22-41-34(38)24(2)23-33(37)39-3/h4,7-20H,1-2,5-6,21-23H2,3H3/b20-9+. The molecule has 0 saturated heterocycles. The van der Waals surface area contributed by atoms with Gasteiger partial charge in [-0.05, 0) is 72.0 Å². The summed E-state index contributed by atoms with van der Waals surface area (Å²) in [6, 6.07) is 21.3. The van der Waals surface area contributed by atoms with E-state index in [-0.39, 0.29) is 18.6 Å². The van der Waals surface area contributed by atoms with Gasteiger partial charge in [-0.1, -0.05) is 49.6 Å². The lowest BCUT2D eigenvalue weighted by Gasteiger charge is -2.08. The van der Waals surface area contributed by atoms with E-state index in [9.17, 15) is 19.2 Å². The highest BCUT2D eigenvalue weighted by Crippen LogP contribution is 2.25. The van der Waals surface area contributed by atoms with Gasteiger partial charge in [-0.25, -0.2) is 14.4 Å². The summed E-state index contributed by atoms with van der Waals surface area (Å²) in [7, 11) is 1.24. The molecule has 0 aliphatic rings. The van der Waals surface area contributed by atoms with Crippen LogP contribution in [-0.4, -0.2) is 44.2 Å². The van der Waals surface area contributed by atoms with Crippen LogP contribution in [0.25, 0.3) is 17.2 Å². The van der Waals surface area contributed by atoms with Gasteiger partial charge in [0.05, 0.1) is 26.7 Å². The zero-order valence-corrected chi connectivity index (χ0v) is 23.8. The van der Waals surface area contributed by atoms with Crippen molar-refractivity contribution in [3.05, 3.63) is 109 Å². The van der Waals surface area contributed by atoms with Gasteiger partial charge in [0.25, 0.3) is 0 Å².